The monoisotopic (exact) mass is 284 g/mol. The van der Waals surface area contributed by atoms with Crippen molar-refractivity contribution in [3.63, 3.8) is 0 Å². The summed E-state index contributed by atoms with van der Waals surface area (Å²) in [5, 5.41) is 1.11. The zero-order chi connectivity index (χ0) is 14.5. The van der Waals surface area contributed by atoms with Crippen molar-refractivity contribution >= 4 is 34.5 Å². The van der Waals surface area contributed by atoms with Crippen molar-refractivity contribution in [1.29, 1.82) is 0 Å². The lowest BCUT2D eigenvalue weighted by Gasteiger charge is -2.15. The summed E-state index contributed by atoms with van der Waals surface area (Å²) in [5.74, 6) is 0.992. The lowest BCUT2D eigenvalue weighted by Crippen LogP contribution is -2.15. The summed E-state index contributed by atoms with van der Waals surface area (Å²) in [6, 6.07) is 8.45. The number of allylic oxidation sites excluding steroid dienone is 4. The van der Waals surface area contributed by atoms with Crippen molar-refractivity contribution < 1.29 is 0 Å². The van der Waals surface area contributed by atoms with Gasteiger partial charge in [0.05, 0.1) is 22.6 Å². The summed E-state index contributed by atoms with van der Waals surface area (Å²) >= 11 is 0. The van der Waals surface area contributed by atoms with Gasteiger partial charge in [-0.3, -0.25) is 0 Å². The number of amidine groups is 1. The van der Waals surface area contributed by atoms with Crippen LogP contribution in [0.4, 0.5) is 5.69 Å². The van der Waals surface area contributed by atoms with Crippen molar-refractivity contribution in [2.45, 2.75) is 12.3 Å². The molecule has 0 saturated heterocycles. The van der Waals surface area contributed by atoms with Crippen molar-refractivity contribution in [1.82, 2.24) is 4.98 Å². The van der Waals surface area contributed by atoms with E-state index >= 15 is 0 Å². The molecule has 4 nitrogen and oxygen atoms in total. The molecule has 0 amide bonds. The van der Waals surface area contributed by atoms with Crippen molar-refractivity contribution in [3.05, 3.63) is 59.8 Å². The van der Waals surface area contributed by atoms with Crippen LogP contribution in [0, 0.1) is 0 Å². The Balaban J connectivity index is 1.75. The largest absolute Gasteiger partial charge is 0.250 e. The molecule has 5 rings (SSSR count). The third-order valence-electron chi connectivity index (χ3n) is 4.26. The molecule has 1 aromatic heterocycles. The fraction of sp³-hybridized carbons (Fsp3) is 0.111. The van der Waals surface area contributed by atoms with Gasteiger partial charge in [-0.15, -0.1) is 0 Å². The molecule has 1 aliphatic carbocycles. The lowest BCUT2D eigenvalue weighted by atomic mass is 9.99. The Kier molecular flexibility index (Phi) is 2.30. The Hall–Kier alpha value is -2.88. The first-order valence-corrected chi connectivity index (χ1v) is 7.34. The van der Waals surface area contributed by atoms with Gasteiger partial charge in [-0.1, -0.05) is 42.5 Å². The molecule has 0 spiro atoms. The van der Waals surface area contributed by atoms with Crippen molar-refractivity contribution in [2.75, 3.05) is 0 Å². The van der Waals surface area contributed by atoms with Crippen LogP contribution >= 0.6 is 0 Å². The fourth-order valence-electron chi connectivity index (χ4n) is 3.10. The van der Waals surface area contributed by atoms with Crippen LogP contribution < -0.4 is 0 Å². The quantitative estimate of drug-likeness (QED) is 0.790. The van der Waals surface area contributed by atoms with Crippen LogP contribution in [-0.2, 0) is 6.42 Å². The van der Waals surface area contributed by atoms with Gasteiger partial charge in [0, 0.05) is 17.7 Å². The number of benzene rings is 1. The van der Waals surface area contributed by atoms with Gasteiger partial charge in [0.25, 0.3) is 0 Å². The first-order chi connectivity index (χ1) is 10.9. The SMILES string of the molecule is C1=CC(c2ccc3ccc4c(c3n2)N=C2N=CN=C2C4)C=C1. The molecule has 1 aromatic carbocycles. The van der Waals surface area contributed by atoms with Crippen LogP contribution in [0.5, 0.6) is 0 Å². The van der Waals surface area contributed by atoms with Crippen LogP contribution in [0.15, 0.2) is 63.5 Å². The van der Waals surface area contributed by atoms with Crippen LogP contribution in [0.1, 0.15) is 17.2 Å². The number of rotatable bonds is 1. The summed E-state index contributed by atoms with van der Waals surface area (Å²) in [6.45, 7) is 0. The van der Waals surface area contributed by atoms with Gasteiger partial charge in [-0.25, -0.2) is 20.0 Å². The molecule has 0 N–H and O–H groups in total. The van der Waals surface area contributed by atoms with Gasteiger partial charge >= 0.3 is 0 Å². The summed E-state index contributed by atoms with van der Waals surface area (Å²) in [6.07, 6.45) is 10.8. The minimum absolute atomic E-state index is 0.262. The maximum atomic E-state index is 4.88. The minimum atomic E-state index is 0.262. The zero-order valence-corrected chi connectivity index (χ0v) is 11.8. The number of hydrogen-bond donors (Lipinski definition) is 0. The van der Waals surface area contributed by atoms with E-state index in [9.17, 15) is 0 Å². The van der Waals surface area contributed by atoms with Gasteiger partial charge in [-0.05, 0) is 11.6 Å². The van der Waals surface area contributed by atoms with Crippen LogP contribution in [0.25, 0.3) is 10.9 Å². The Bertz CT molecular complexity index is 948. The zero-order valence-electron chi connectivity index (χ0n) is 11.8. The third-order valence-corrected chi connectivity index (χ3v) is 4.26. The molecule has 0 fully saturated rings. The minimum Gasteiger partial charge on any atom is -0.250 e. The molecule has 22 heavy (non-hydrogen) atoms. The highest BCUT2D eigenvalue weighted by Crippen LogP contribution is 2.34. The standard InChI is InChI=1S/C18H12N4/c1-2-4-11(3-1)14-8-7-12-5-6-13-9-15-18(20-10-19-15)22-17(13)16(12)21-14/h1-8,10-11H,9H2. The van der Waals surface area contributed by atoms with Gasteiger partial charge in [0.1, 0.15) is 6.34 Å². The topological polar surface area (TPSA) is 50.0 Å². The number of fused-ring (bicyclic) bond motifs is 4. The maximum absolute atomic E-state index is 4.88. The van der Waals surface area contributed by atoms with Crippen LogP contribution in [0.3, 0.4) is 0 Å². The average molecular weight is 284 g/mol. The van der Waals surface area contributed by atoms with E-state index < -0.39 is 0 Å². The van der Waals surface area contributed by atoms with E-state index in [1.54, 1.807) is 6.34 Å². The Morgan fingerprint density at radius 1 is 1.00 bits per heavy atom. The van der Waals surface area contributed by atoms with E-state index in [2.05, 4.69) is 58.6 Å². The first-order valence-electron chi connectivity index (χ1n) is 7.34. The van der Waals surface area contributed by atoms with E-state index in [-0.39, 0.29) is 5.92 Å². The maximum Gasteiger partial charge on any atom is 0.176 e. The molecule has 104 valence electrons. The third kappa shape index (κ3) is 1.64. The lowest BCUT2D eigenvalue weighted by molar-refractivity contribution is 1.02. The van der Waals surface area contributed by atoms with E-state index in [0.29, 0.717) is 0 Å². The highest BCUT2D eigenvalue weighted by Gasteiger charge is 2.23. The molecule has 4 heteroatoms. The summed E-state index contributed by atoms with van der Waals surface area (Å²) < 4.78 is 0. The average Bonchev–Trinajstić information content (AvgIpc) is 3.23. The van der Waals surface area contributed by atoms with E-state index in [1.165, 1.54) is 5.56 Å². The molecule has 0 radical (unpaired) electrons. The normalized spacial score (nSPS) is 18.5. The van der Waals surface area contributed by atoms with E-state index in [0.717, 1.165) is 40.3 Å². The molecule has 2 aliphatic heterocycles. The predicted molar refractivity (Wildman–Crippen MR) is 89.5 cm³/mol. The number of nitrogens with zero attached hydrogens (tertiary/aromatic N) is 4. The summed E-state index contributed by atoms with van der Waals surface area (Å²) in [5.41, 5.74) is 5.07. The highest BCUT2D eigenvalue weighted by atomic mass is 15.0. The van der Waals surface area contributed by atoms with Gasteiger partial charge < -0.3 is 0 Å². The molecule has 2 aromatic rings. The molecular weight excluding hydrogens is 272 g/mol. The van der Waals surface area contributed by atoms with Crippen LogP contribution in [-0.4, -0.2) is 22.9 Å². The Morgan fingerprint density at radius 2 is 1.86 bits per heavy atom. The second kappa shape index (κ2) is 4.31. The highest BCUT2D eigenvalue weighted by molar-refractivity contribution is 6.48. The number of pyridine rings is 1. The van der Waals surface area contributed by atoms with E-state index in [4.69, 9.17) is 9.98 Å². The molecule has 0 atom stereocenters. The van der Waals surface area contributed by atoms with Crippen molar-refractivity contribution in [2.24, 2.45) is 15.0 Å². The second-order valence-corrected chi connectivity index (χ2v) is 5.61. The number of hydrogen-bond acceptors (Lipinski definition) is 4. The van der Waals surface area contributed by atoms with Crippen molar-refractivity contribution in [3.8, 4) is 0 Å². The van der Waals surface area contributed by atoms with Gasteiger partial charge in [0.15, 0.2) is 5.84 Å². The number of aliphatic imine (C=N–C) groups is 3. The second-order valence-electron chi connectivity index (χ2n) is 5.61. The van der Waals surface area contributed by atoms with E-state index in [1.807, 2.05) is 0 Å². The fourth-order valence-corrected chi connectivity index (χ4v) is 3.10. The smallest absolute Gasteiger partial charge is 0.176 e. The van der Waals surface area contributed by atoms with Crippen LogP contribution in [0.2, 0.25) is 0 Å². The molecule has 0 saturated carbocycles. The molecule has 3 heterocycles. The summed E-state index contributed by atoms with van der Waals surface area (Å²) in [7, 11) is 0. The predicted octanol–water partition coefficient (Wildman–Crippen LogP) is 3.51. The van der Waals surface area contributed by atoms with Gasteiger partial charge in [0.2, 0.25) is 0 Å². The number of aromatic nitrogens is 1. The molecular formula is C18H12N4. The Labute approximate surface area is 127 Å². The Morgan fingerprint density at radius 3 is 2.77 bits per heavy atom. The molecule has 0 unspecified atom stereocenters. The molecule has 3 aliphatic rings. The molecule has 0 bridgehead atoms. The van der Waals surface area contributed by atoms with Gasteiger partial charge in [-0.2, -0.15) is 0 Å². The summed E-state index contributed by atoms with van der Waals surface area (Å²) in [4.78, 5) is 18.1. The first kappa shape index (κ1) is 11.7.